The Hall–Kier alpha value is -2.22. The molecule has 0 unspecified atom stereocenters. The molecule has 1 saturated carbocycles. The molecule has 0 saturated heterocycles. The zero-order valence-corrected chi connectivity index (χ0v) is 12.8. The highest BCUT2D eigenvalue weighted by Crippen LogP contribution is 2.30. The van der Waals surface area contributed by atoms with Gasteiger partial charge in [0.2, 0.25) is 0 Å². The molecule has 1 aliphatic carbocycles. The highest BCUT2D eigenvalue weighted by atomic mass is 32.1. The molecule has 3 aromatic heterocycles. The molecule has 3 aromatic rings. The zero-order valence-electron chi connectivity index (χ0n) is 12.0. The number of tetrazole rings is 1. The Kier molecular flexibility index (Phi) is 3.38. The third kappa shape index (κ3) is 2.39. The van der Waals surface area contributed by atoms with Crippen LogP contribution < -0.4 is 0 Å². The minimum atomic E-state index is 0.0614. The third-order valence-corrected chi connectivity index (χ3v) is 5.26. The van der Waals surface area contributed by atoms with E-state index in [9.17, 15) is 4.79 Å². The summed E-state index contributed by atoms with van der Waals surface area (Å²) in [5, 5.41) is 14.0. The van der Waals surface area contributed by atoms with Gasteiger partial charge >= 0.3 is 0 Å². The van der Waals surface area contributed by atoms with Gasteiger partial charge in [-0.05, 0) is 25.0 Å². The van der Waals surface area contributed by atoms with Gasteiger partial charge in [0.25, 0.3) is 5.91 Å². The minimum Gasteiger partial charge on any atom is -0.360 e. The fourth-order valence-electron chi connectivity index (χ4n) is 3.08. The Morgan fingerprint density at radius 3 is 3.00 bits per heavy atom. The van der Waals surface area contributed by atoms with Crippen molar-refractivity contribution in [3.05, 3.63) is 29.0 Å². The van der Waals surface area contributed by atoms with Crippen LogP contribution in [0.25, 0.3) is 10.2 Å². The first-order chi connectivity index (χ1) is 10.8. The topological polar surface area (TPSA) is 90.6 Å². The van der Waals surface area contributed by atoms with Crippen LogP contribution in [-0.2, 0) is 6.54 Å². The van der Waals surface area contributed by atoms with E-state index >= 15 is 0 Å². The Labute approximate surface area is 130 Å². The third-order valence-electron chi connectivity index (χ3n) is 4.17. The summed E-state index contributed by atoms with van der Waals surface area (Å²) >= 11 is 1.53. The summed E-state index contributed by atoms with van der Waals surface area (Å²) in [7, 11) is 0. The molecule has 0 bridgehead atoms. The molecule has 1 fully saturated rings. The van der Waals surface area contributed by atoms with Gasteiger partial charge in [-0.25, -0.2) is 0 Å². The van der Waals surface area contributed by atoms with Gasteiger partial charge < -0.3 is 9.88 Å². The second-order valence-electron chi connectivity index (χ2n) is 5.57. The molecule has 0 radical (unpaired) electrons. The van der Waals surface area contributed by atoms with E-state index in [1.54, 1.807) is 0 Å². The maximum Gasteiger partial charge on any atom is 0.264 e. The molecule has 7 nitrogen and oxygen atoms in total. The van der Waals surface area contributed by atoms with Gasteiger partial charge in [0.1, 0.15) is 0 Å². The number of hydrogen-bond acceptors (Lipinski definition) is 5. The number of carbonyl (C=O) groups is 1. The molecule has 0 aromatic carbocycles. The molecule has 22 heavy (non-hydrogen) atoms. The first kappa shape index (κ1) is 13.4. The van der Waals surface area contributed by atoms with Crippen LogP contribution in [0.5, 0.6) is 0 Å². The average molecular weight is 316 g/mol. The highest BCUT2D eigenvalue weighted by molar-refractivity contribution is 7.20. The summed E-state index contributed by atoms with van der Waals surface area (Å²) in [6.07, 6.45) is 6.33. The number of rotatable bonds is 4. The van der Waals surface area contributed by atoms with E-state index in [1.807, 2.05) is 23.2 Å². The molecule has 8 heteroatoms. The molecule has 0 spiro atoms. The van der Waals surface area contributed by atoms with Crippen molar-refractivity contribution < 1.29 is 4.79 Å². The lowest BCUT2D eigenvalue weighted by Gasteiger charge is -2.27. The molecule has 0 aliphatic heterocycles. The second-order valence-corrected chi connectivity index (χ2v) is 6.65. The maximum absolute atomic E-state index is 13.0. The smallest absolute Gasteiger partial charge is 0.264 e. The van der Waals surface area contributed by atoms with Gasteiger partial charge in [0, 0.05) is 12.2 Å². The summed E-state index contributed by atoms with van der Waals surface area (Å²) in [5.74, 6) is 0.619. The van der Waals surface area contributed by atoms with Crippen LogP contribution in [0.15, 0.2) is 18.3 Å². The lowest BCUT2D eigenvalue weighted by Crippen LogP contribution is -2.38. The summed E-state index contributed by atoms with van der Waals surface area (Å²) < 4.78 is 1.11. The number of nitrogens with zero attached hydrogens (tertiary/aromatic N) is 4. The average Bonchev–Trinajstić information content (AvgIpc) is 3.27. The summed E-state index contributed by atoms with van der Waals surface area (Å²) in [4.78, 5) is 18.8. The van der Waals surface area contributed by atoms with Crippen LogP contribution in [0.3, 0.4) is 0 Å². The van der Waals surface area contributed by atoms with Crippen molar-refractivity contribution in [2.24, 2.45) is 0 Å². The number of nitrogens with one attached hydrogen (secondary N) is 2. The van der Waals surface area contributed by atoms with Crippen LogP contribution in [-0.4, -0.2) is 42.5 Å². The van der Waals surface area contributed by atoms with E-state index in [2.05, 4.69) is 25.6 Å². The van der Waals surface area contributed by atoms with Crippen LogP contribution in [0.4, 0.5) is 0 Å². The summed E-state index contributed by atoms with van der Waals surface area (Å²) in [5.41, 5.74) is 1.01. The number of H-pyrrole nitrogens is 2. The molecule has 3 heterocycles. The van der Waals surface area contributed by atoms with Crippen LogP contribution in [0, 0.1) is 0 Å². The maximum atomic E-state index is 13.0. The number of carbonyl (C=O) groups excluding carboxylic acids is 1. The van der Waals surface area contributed by atoms with Crippen molar-refractivity contribution in [1.29, 1.82) is 0 Å². The fourth-order valence-corrected chi connectivity index (χ4v) is 4.06. The molecular formula is C14H16N6OS. The Balaban J connectivity index is 1.63. The first-order valence-corrected chi connectivity index (χ1v) is 8.23. The van der Waals surface area contributed by atoms with Crippen molar-refractivity contribution in [2.75, 3.05) is 0 Å². The van der Waals surface area contributed by atoms with Gasteiger partial charge in [0.15, 0.2) is 5.82 Å². The van der Waals surface area contributed by atoms with Crippen molar-refractivity contribution in [3.8, 4) is 0 Å². The molecule has 0 atom stereocenters. The Bertz CT molecular complexity index is 742. The van der Waals surface area contributed by atoms with Crippen LogP contribution in [0.2, 0.25) is 0 Å². The molecule has 1 amide bonds. The number of aromatic amines is 2. The lowest BCUT2D eigenvalue weighted by molar-refractivity contribution is 0.0664. The number of aromatic nitrogens is 5. The van der Waals surface area contributed by atoms with E-state index in [1.165, 1.54) is 24.2 Å². The minimum absolute atomic E-state index is 0.0614. The predicted molar refractivity (Wildman–Crippen MR) is 82.5 cm³/mol. The monoisotopic (exact) mass is 316 g/mol. The lowest BCUT2D eigenvalue weighted by atomic mass is 10.2. The number of amides is 1. The second kappa shape index (κ2) is 5.53. The Morgan fingerprint density at radius 2 is 2.27 bits per heavy atom. The molecule has 4 rings (SSSR count). The van der Waals surface area contributed by atoms with Gasteiger partial charge in [-0.2, -0.15) is 5.21 Å². The SMILES string of the molecule is O=C(c1cc2[nH]ccc2s1)N(Cc1nn[nH]n1)C1CCCC1. The van der Waals surface area contributed by atoms with E-state index in [0.29, 0.717) is 12.4 Å². The molecule has 1 aliphatic rings. The fraction of sp³-hybridized carbons (Fsp3) is 0.429. The molecule has 2 N–H and O–H groups in total. The van der Waals surface area contributed by atoms with E-state index in [-0.39, 0.29) is 11.9 Å². The molecular weight excluding hydrogens is 300 g/mol. The summed E-state index contributed by atoms with van der Waals surface area (Å²) in [6, 6.07) is 4.20. The van der Waals surface area contributed by atoms with Crippen molar-refractivity contribution in [1.82, 2.24) is 30.5 Å². The van der Waals surface area contributed by atoms with Crippen molar-refractivity contribution >= 4 is 27.5 Å². The van der Waals surface area contributed by atoms with Crippen LogP contribution in [0.1, 0.15) is 41.2 Å². The predicted octanol–water partition coefficient (Wildman–Crippen LogP) is 2.33. The number of hydrogen-bond donors (Lipinski definition) is 2. The standard InChI is InChI=1S/C14H16N6OS/c21-14(12-7-10-11(22-12)5-6-15-10)20(9-3-1-2-4-9)8-13-16-18-19-17-13/h5-7,9,15H,1-4,8H2,(H,16,17,18,19). The van der Waals surface area contributed by atoms with E-state index < -0.39 is 0 Å². The number of thiophene rings is 1. The van der Waals surface area contributed by atoms with Gasteiger partial charge in [-0.3, -0.25) is 4.79 Å². The Morgan fingerprint density at radius 1 is 1.41 bits per heavy atom. The quantitative estimate of drug-likeness (QED) is 0.773. The van der Waals surface area contributed by atoms with Crippen molar-refractivity contribution in [3.63, 3.8) is 0 Å². The van der Waals surface area contributed by atoms with Gasteiger partial charge in [0.05, 0.1) is 21.6 Å². The largest absolute Gasteiger partial charge is 0.360 e. The van der Waals surface area contributed by atoms with Crippen LogP contribution >= 0.6 is 11.3 Å². The highest BCUT2D eigenvalue weighted by Gasteiger charge is 2.29. The zero-order chi connectivity index (χ0) is 14.9. The van der Waals surface area contributed by atoms with Crippen molar-refractivity contribution in [2.45, 2.75) is 38.3 Å². The van der Waals surface area contributed by atoms with E-state index in [4.69, 9.17) is 0 Å². The first-order valence-electron chi connectivity index (χ1n) is 7.41. The molecule has 114 valence electrons. The summed E-state index contributed by atoms with van der Waals surface area (Å²) in [6.45, 7) is 0.409. The van der Waals surface area contributed by atoms with E-state index in [0.717, 1.165) is 27.9 Å². The number of fused-ring (bicyclic) bond motifs is 1. The normalized spacial score (nSPS) is 15.6. The van der Waals surface area contributed by atoms with Gasteiger partial charge in [-0.15, -0.1) is 21.5 Å². The van der Waals surface area contributed by atoms with Gasteiger partial charge in [-0.1, -0.05) is 18.1 Å².